The van der Waals surface area contributed by atoms with E-state index in [0.717, 1.165) is 5.56 Å². The van der Waals surface area contributed by atoms with E-state index in [4.69, 9.17) is 10.3 Å². The second-order valence-corrected chi connectivity index (χ2v) is 7.68. The summed E-state index contributed by atoms with van der Waals surface area (Å²) in [6, 6.07) is 12.7. The summed E-state index contributed by atoms with van der Waals surface area (Å²) in [5.74, 6) is 0.725. The molecule has 8 nitrogen and oxygen atoms in total. The maximum Gasteiger partial charge on any atom is 0.404 e. The maximum absolute atomic E-state index is 12.9. The number of primary amides is 1. The van der Waals surface area contributed by atoms with Crippen molar-refractivity contribution in [3.05, 3.63) is 60.0 Å². The van der Waals surface area contributed by atoms with E-state index in [-0.39, 0.29) is 16.4 Å². The number of carbonyl (C=O) groups is 1. The largest absolute Gasteiger partial charge is 0.449 e. The lowest BCUT2D eigenvalue weighted by molar-refractivity contribution is 0.158. The van der Waals surface area contributed by atoms with Gasteiger partial charge in [0.25, 0.3) is 0 Å². The van der Waals surface area contributed by atoms with Crippen LogP contribution in [0.4, 0.5) is 4.79 Å². The number of ether oxygens (including phenoxy) is 1. The Balaban J connectivity index is 1.83. The number of sulfone groups is 1. The monoisotopic (exact) mass is 387 g/mol. The average molecular weight is 387 g/mol. The highest BCUT2D eigenvalue weighted by Gasteiger charge is 2.19. The Hall–Kier alpha value is -3.20. The molecule has 0 saturated heterocycles. The normalized spacial score (nSPS) is 11.3. The number of carbonyl (C=O) groups excluding carboxylic acids is 1. The molecule has 0 spiro atoms. The minimum Gasteiger partial charge on any atom is -0.449 e. The second kappa shape index (κ2) is 7.58. The lowest BCUT2D eigenvalue weighted by Gasteiger charge is -2.07. The summed E-state index contributed by atoms with van der Waals surface area (Å²) in [6.45, 7) is 1.79. The Labute approximate surface area is 155 Å². The van der Waals surface area contributed by atoms with E-state index in [0.29, 0.717) is 23.7 Å². The zero-order valence-corrected chi connectivity index (χ0v) is 15.3. The number of aryl methyl sites for hydroxylation is 1. The molecule has 0 aliphatic rings. The third kappa shape index (κ3) is 4.32. The van der Waals surface area contributed by atoms with Gasteiger partial charge in [0, 0.05) is 18.9 Å². The van der Waals surface area contributed by atoms with Gasteiger partial charge in [0.05, 0.1) is 16.4 Å². The third-order valence-electron chi connectivity index (χ3n) is 3.80. The Morgan fingerprint density at radius 1 is 1.15 bits per heavy atom. The van der Waals surface area contributed by atoms with Crippen LogP contribution in [0.5, 0.6) is 0 Å². The number of hydrogen-bond acceptors (Lipinski definition) is 7. The van der Waals surface area contributed by atoms with Crippen LogP contribution in [0.1, 0.15) is 11.5 Å². The SMILES string of the molecule is Cc1nc(-c2cccc(S(=O)(=O)c3ccc(CCOC(N)=O)cc3)c2)no1. The fourth-order valence-corrected chi connectivity index (χ4v) is 3.77. The minimum atomic E-state index is -3.70. The molecule has 0 aliphatic carbocycles. The van der Waals surface area contributed by atoms with Gasteiger partial charge in [-0.1, -0.05) is 29.4 Å². The summed E-state index contributed by atoms with van der Waals surface area (Å²) < 4.78 is 35.4. The number of nitrogens with zero attached hydrogens (tertiary/aromatic N) is 2. The van der Waals surface area contributed by atoms with Gasteiger partial charge in [-0.2, -0.15) is 4.98 Å². The van der Waals surface area contributed by atoms with Crippen molar-refractivity contribution in [1.29, 1.82) is 0 Å². The number of benzene rings is 2. The molecule has 1 amide bonds. The minimum absolute atomic E-state index is 0.132. The molecule has 0 atom stereocenters. The molecular formula is C18H17N3O5S. The van der Waals surface area contributed by atoms with E-state index in [1.165, 1.54) is 24.3 Å². The number of nitrogens with two attached hydrogens (primary N) is 1. The molecule has 2 aromatic carbocycles. The molecule has 3 aromatic rings. The number of rotatable bonds is 6. The highest BCUT2D eigenvalue weighted by Crippen LogP contribution is 2.25. The predicted octanol–water partition coefficient (Wildman–Crippen LogP) is 2.52. The van der Waals surface area contributed by atoms with Crippen molar-refractivity contribution in [3.63, 3.8) is 0 Å². The van der Waals surface area contributed by atoms with Gasteiger partial charge < -0.3 is 15.0 Å². The van der Waals surface area contributed by atoms with E-state index in [1.54, 1.807) is 31.2 Å². The van der Waals surface area contributed by atoms with Crippen molar-refractivity contribution < 1.29 is 22.5 Å². The summed E-state index contributed by atoms with van der Waals surface area (Å²) in [6.07, 6.45) is -0.401. The van der Waals surface area contributed by atoms with E-state index in [9.17, 15) is 13.2 Å². The van der Waals surface area contributed by atoms with E-state index >= 15 is 0 Å². The van der Waals surface area contributed by atoms with Crippen LogP contribution in [0.25, 0.3) is 11.4 Å². The summed E-state index contributed by atoms with van der Waals surface area (Å²) in [4.78, 5) is 15.0. The topological polar surface area (TPSA) is 125 Å². The van der Waals surface area contributed by atoms with Crippen molar-refractivity contribution >= 4 is 15.9 Å². The van der Waals surface area contributed by atoms with Crippen LogP contribution >= 0.6 is 0 Å². The van der Waals surface area contributed by atoms with Crippen LogP contribution in [0, 0.1) is 6.92 Å². The van der Waals surface area contributed by atoms with Gasteiger partial charge >= 0.3 is 6.09 Å². The van der Waals surface area contributed by atoms with Crippen LogP contribution in [0.2, 0.25) is 0 Å². The van der Waals surface area contributed by atoms with Crippen molar-refractivity contribution in [2.45, 2.75) is 23.1 Å². The maximum atomic E-state index is 12.9. The molecule has 0 bridgehead atoms. The van der Waals surface area contributed by atoms with Gasteiger partial charge in [-0.3, -0.25) is 0 Å². The first-order valence-electron chi connectivity index (χ1n) is 8.03. The number of hydrogen-bond donors (Lipinski definition) is 1. The first kappa shape index (κ1) is 18.6. The molecule has 1 heterocycles. The molecule has 3 rings (SSSR count). The van der Waals surface area contributed by atoms with Crippen LogP contribution in [-0.2, 0) is 21.0 Å². The second-order valence-electron chi connectivity index (χ2n) is 5.73. The highest BCUT2D eigenvalue weighted by atomic mass is 32.2. The molecule has 0 fully saturated rings. The third-order valence-corrected chi connectivity index (χ3v) is 5.57. The molecule has 140 valence electrons. The number of aromatic nitrogens is 2. The fraction of sp³-hybridized carbons (Fsp3) is 0.167. The van der Waals surface area contributed by atoms with Crippen molar-refractivity contribution in [1.82, 2.24) is 10.1 Å². The van der Waals surface area contributed by atoms with Crippen LogP contribution in [0.3, 0.4) is 0 Å². The standard InChI is InChI=1S/C18H17N3O5S/c1-12-20-17(21-26-12)14-3-2-4-16(11-14)27(23,24)15-7-5-13(6-8-15)9-10-25-18(19)22/h2-8,11H,9-10H2,1H3,(H2,19,22). The average Bonchev–Trinajstić information content (AvgIpc) is 3.08. The van der Waals surface area contributed by atoms with Gasteiger partial charge in [-0.05, 0) is 29.8 Å². The lowest BCUT2D eigenvalue weighted by atomic mass is 10.2. The quantitative estimate of drug-likeness (QED) is 0.689. The van der Waals surface area contributed by atoms with Crippen molar-refractivity contribution in [3.8, 4) is 11.4 Å². The molecule has 0 unspecified atom stereocenters. The zero-order chi connectivity index (χ0) is 19.4. The van der Waals surface area contributed by atoms with E-state index in [2.05, 4.69) is 14.9 Å². The van der Waals surface area contributed by atoms with Crippen molar-refractivity contribution in [2.75, 3.05) is 6.61 Å². The van der Waals surface area contributed by atoms with Gasteiger partial charge in [-0.25, -0.2) is 13.2 Å². The van der Waals surface area contributed by atoms with E-state index in [1.807, 2.05) is 0 Å². The highest BCUT2D eigenvalue weighted by molar-refractivity contribution is 7.91. The Morgan fingerprint density at radius 3 is 2.52 bits per heavy atom. The molecule has 2 N–H and O–H groups in total. The summed E-state index contributed by atoms with van der Waals surface area (Å²) in [5.41, 5.74) is 6.28. The first-order chi connectivity index (χ1) is 12.9. The molecule has 1 aromatic heterocycles. The smallest absolute Gasteiger partial charge is 0.404 e. The van der Waals surface area contributed by atoms with Gasteiger partial charge in [0.15, 0.2) is 0 Å². The molecule has 0 saturated carbocycles. The number of amides is 1. The summed E-state index contributed by atoms with van der Waals surface area (Å²) >= 11 is 0. The molecule has 9 heteroatoms. The Morgan fingerprint density at radius 2 is 1.89 bits per heavy atom. The fourth-order valence-electron chi connectivity index (χ4n) is 2.46. The summed E-state index contributed by atoms with van der Waals surface area (Å²) in [7, 11) is -3.70. The predicted molar refractivity (Wildman–Crippen MR) is 95.6 cm³/mol. The van der Waals surface area contributed by atoms with Crippen LogP contribution in [-0.4, -0.2) is 31.3 Å². The zero-order valence-electron chi connectivity index (χ0n) is 14.5. The lowest BCUT2D eigenvalue weighted by Crippen LogP contribution is -2.14. The van der Waals surface area contributed by atoms with Gasteiger partial charge in [0.1, 0.15) is 0 Å². The Kier molecular flexibility index (Phi) is 5.22. The molecule has 0 radical (unpaired) electrons. The van der Waals surface area contributed by atoms with Crippen LogP contribution in [0.15, 0.2) is 62.8 Å². The molecule has 0 aliphatic heterocycles. The molecule has 27 heavy (non-hydrogen) atoms. The van der Waals surface area contributed by atoms with Crippen LogP contribution < -0.4 is 5.73 Å². The van der Waals surface area contributed by atoms with Gasteiger partial charge in [-0.15, -0.1) is 0 Å². The summed E-state index contributed by atoms with van der Waals surface area (Å²) in [5, 5.41) is 3.81. The van der Waals surface area contributed by atoms with Crippen molar-refractivity contribution in [2.24, 2.45) is 5.73 Å². The molecular weight excluding hydrogens is 370 g/mol. The Bertz CT molecular complexity index is 1060. The van der Waals surface area contributed by atoms with E-state index < -0.39 is 15.9 Å². The first-order valence-corrected chi connectivity index (χ1v) is 9.51. The van der Waals surface area contributed by atoms with Gasteiger partial charge in [0.2, 0.25) is 21.6 Å².